The molecule has 6 heteroatoms. The molecule has 118 valence electrons. The molecule has 0 aliphatic carbocycles. The van der Waals surface area contributed by atoms with Gasteiger partial charge in [-0.25, -0.2) is 4.39 Å². The Hall–Kier alpha value is -2.58. The second-order valence-electron chi connectivity index (χ2n) is 4.75. The molecule has 23 heavy (non-hydrogen) atoms. The van der Waals surface area contributed by atoms with Crippen LogP contribution in [0.1, 0.15) is 17.2 Å². The number of hydrogen-bond donors (Lipinski definition) is 1. The number of halogens is 2. The maximum atomic E-state index is 13.9. The number of nitrogens with zero attached hydrogens (tertiary/aromatic N) is 1. The van der Waals surface area contributed by atoms with Gasteiger partial charge in [-0.2, -0.15) is 5.26 Å². The average molecular weight is 333 g/mol. The molecule has 0 saturated heterocycles. The first-order valence-electron chi connectivity index (χ1n) is 6.81. The number of methoxy groups -OCH3 is 1. The molecule has 2 aromatic carbocycles. The number of hydrogen-bond acceptors (Lipinski definition) is 3. The molecule has 0 fully saturated rings. The number of rotatable bonds is 5. The van der Waals surface area contributed by atoms with E-state index in [-0.39, 0.29) is 17.0 Å². The highest BCUT2D eigenvalue weighted by Gasteiger charge is 2.21. The normalized spacial score (nSPS) is 11.4. The number of nitriles is 1. The molecular formula is C17H14ClFN2O2. The largest absolute Gasteiger partial charge is 0.496 e. The highest BCUT2D eigenvalue weighted by Crippen LogP contribution is 2.26. The zero-order valence-electron chi connectivity index (χ0n) is 12.3. The van der Waals surface area contributed by atoms with Crippen molar-refractivity contribution >= 4 is 17.5 Å². The second-order valence-corrected chi connectivity index (χ2v) is 5.16. The fraction of sp³-hybridized carbons (Fsp3) is 0.176. The summed E-state index contributed by atoms with van der Waals surface area (Å²) in [6, 6.07) is 11.8. The molecule has 0 bridgehead atoms. The Balaban J connectivity index is 2.17. The highest BCUT2D eigenvalue weighted by molar-refractivity contribution is 6.31. The van der Waals surface area contributed by atoms with Crippen LogP contribution in [0.15, 0.2) is 42.5 Å². The summed E-state index contributed by atoms with van der Waals surface area (Å²) in [5, 5.41) is 11.8. The molecule has 0 radical (unpaired) electrons. The smallest absolute Gasteiger partial charge is 0.225 e. The molecular weight excluding hydrogens is 319 g/mol. The molecule has 0 spiro atoms. The van der Waals surface area contributed by atoms with Crippen LogP contribution in [0.5, 0.6) is 5.75 Å². The van der Waals surface area contributed by atoms with Gasteiger partial charge in [0.2, 0.25) is 5.91 Å². The molecule has 0 aliphatic heterocycles. The second kappa shape index (κ2) is 7.61. The van der Waals surface area contributed by atoms with Crippen molar-refractivity contribution in [3.05, 3.63) is 64.4 Å². The molecule has 1 amide bonds. The van der Waals surface area contributed by atoms with Gasteiger partial charge in [0.1, 0.15) is 17.6 Å². The number of amides is 1. The van der Waals surface area contributed by atoms with Crippen LogP contribution >= 0.6 is 11.6 Å². The van der Waals surface area contributed by atoms with Gasteiger partial charge in [0.25, 0.3) is 0 Å². The Morgan fingerprint density at radius 2 is 2.09 bits per heavy atom. The number of benzene rings is 2. The Bertz CT molecular complexity index is 738. The SMILES string of the molecule is COc1ccccc1CC(=O)N[C@@H](C#N)c1c(F)cccc1Cl. The lowest BCUT2D eigenvalue weighted by Gasteiger charge is -2.15. The van der Waals surface area contributed by atoms with Crippen LogP contribution < -0.4 is 10.1 Å². The summed E-state index contributed by atoms with van der Waals surface area (Å²) in [4.78, 5) is 12.2. The summed E-state index contributed by atoms with van der Waals surface area (Å²) in [5.41, 5.74) is 0.633. The van der Waals surface area contributed by atoms with Gasteiger partial charge in [-0.3, -0.25) is 4.79 Å². The summed E-state index contributed by atoms with van der Waals surface area (Å²) in [7, 11) is 1.51. The molecule has 0 saturated carbocycles. The number of carbonyl (C=O) groups excluding carboxylic acids is 1. The summed E-state index contributed by atoms with van der Waals surface area (Å²) in [5.74, 6) is -0.498. The lowest BCUT2D eigenvalue weighted by Crippen LogP contribution is -2.29. The first-order chi connectivity index (χ1) is 11.1. The quantitative estimate of drug-likeness (QED) is 0.912. The van der Waals surface area contributed by atoms with E-state index in [1.54, 1.807) is 24.3 Å². The Labute approximate surface area is 138 Å². The van der Waals surface area contributed by atoms with Crippen LogP contribution in [-0.2, 0) is 11.2 Å². The Morgan fingerprint density at radius 1 is 1.35 bits per heavy atom. The van der Waals surface area contributed by atoms with E-state index in [4.69, 9.17) is 16.3 Å². The van der Waals surface area contributed by atoms with E-state index in [0.29, 0.717) is 11.3 Å². The molecule has 1 N–H and O–H groups in total. The van der Waals surface area contributed by atoms with Crippen LogP contribution in [0.3, 0.4) is 0 Å². The van der Waals surface area contributed by atoms with Crippen LogP contribution in [0.4, 0.5) is 4.39 Å². The molecule has 0 unspecified atom stereocenters. The van der Waals surface area contributed by atoms with Crippen molar-refractivity contribution in [3.8, 4) is 11.8 Å². The van der Waals surface area contributed by atoms with Crippen LogP contribution in [0.25, 0.3) is 0 Å². The van der Waals surface area contributed by atoms with E-state index in [1.807, 2.05) is 6.07 Å². The summed E-state index contributed by atoms with van der Waals surface area (Å²) >= 11 is 5.93. The highest BCUT2D eigenvalue weighted by atomic mass is 35.5. The lowest BCUT2D eigenvalue weighted by atomic mass is 10.1. The standard InChI is InChI=1S/C17H14ClFN2O2/c1-23-15-8-3-2-5-11(15)9-16(22)21-14(10-20)17-12(18)6-4-7-13(17)19/h2-8,14H,9H2,1H3,(H,21,22)/t14-/m0/s1. The van der Waals surface area contributed by atoms with Crippen molar-refractivity contribution in [1.82, 2.24) is 5.32 Å². The zero-order chi connectivity index (χ0) is 16.8. The van der Waals surface area contributed by atoms with E-state index in [0.717, 1.165) is 0 Å². The summed E-state index contributed by atoms with van der Waals surface area (Å²) < 4.78 is 19.1. The number of para-hydroxylation sites is 1. The monoisotopic (exact) mass is 332 g/mol. The van der Waals surface area contributed by atoms with Gasteiger partial charge in [0.15, 0.2) is 0 Å². The van der Waals surface area contributed by atoms with E-state index >= 15 is 0 Å². The average Bonchev–Trinajstić information content (AvgIpc) is 2.54. The predicted molar refractivity (Wildman–Crippen MR) is 84.6 cm³/mol. The van der Waals surface area contributed by atoms with Crippen molar-refractivity contribution < 1.29 is 13.9 Å². The number of carbonyl (C=O) groups is 1. The molecule has 0 heterocycles. The minimum absolute atomic E-state index is 0.00820. The van der Waals surface area contributed by atoms with E-state index in [2.05, 4.69) is 5.32 Å². The summed E-state index contributed by atoms with van der Waals surface area (Å²) in [6.07, 6.45) is 0.00820. The molecule has 0 aromatic heterocycles. The van der Waals surface area contributed by atoms with E-state index in [1.165, 1.54) is 25.3 Å². The van der Waals surface area contributed by atoms with Crippen molar-refractivity contribution in [2.24, 2.45) is 0 Å². The topological polar surface area (TPSA) is 62.1 Å². The van der Waals surface area contributed by atoms with Gasteiger partial charge >= 0.3 is 0 Å². The van der Waals surface area contributed by atoms with Crippen LogP contribution in [0.2, 0.25) is 5.02 Å². The molecule has 2 rings (SSSR count). The predicted octanol–water partition coefficient (Wildman–Crippen LogP) is 3.41. The van der Waals surface area contributed by atoms with Gasteiger partial charge in [-0.05, 0) is 18.2 Å². The zero-order valence-corrected chi connectivity index (χ0v) is 13.1. The van der Waals surface area contributed by atoms with Crippen LogP contribution in [-0.4, -0.2) is 13.0 Å². The van der Waals surface area contributed by atoms with E-state index in [9.17, 15) is 14.4 Å². The van der Waals surface area contributed by atoms with Crippen molar-refractivity contribution in [2.45, 2.75) is 12.5 Å². The first kappa shape index (κ1) is 16.8. The lowest BCUT2D eigenvalue weighted by molar-refractivity contribution is -0.120. The molecule has 1 atom stereocenters. The van der Waals surface area contributed by atoms with E-state index < -0.39 is 17.8 Å². The Morgan fingerprint density at radius 3 is 2.74 bits per heavy atom. The van der Waals surface area contributed by atoms with Crippen LogP contribution in [0, 0.1) is 17.1 Å². The third-order valence-corrected chi connectivity index (χ3v) is 3.60. The van der Waals surface area contributed by atoms with Crippen molar-refractivity contribution in [2.75, 3.05) is 7.11 Å². The number of nitrogens with one attached hydrogen (secondary N) is 1. The first-order valence-corrected chi connectivity index (χ1v) is 7.19. The fourth-order valence-corrected chi connectivity index (χ4v) is 2.46. The molecule has 2 aromatic rings. The maximum Gasteiger partial charge on any atom is 0.225 e. The van der Waals surface area contributed by atoms with Gasteiger partial charge < -0.3 is 10.1 Å². The van der Waals surface area contributed by atoms with Gasteiger partial charge in [0.05, 0.1) is 19.6 Å². The minimum Gasteiger partial charge on any atom is -0.496 e. The maximum absolute atomic E-state index is 13.9. The summed E-state index contributed by atoms with van der Waals surface area (Å²) in [6.45, 7) is 0. The van der Waals surface area contributed by atoms with Gasteiger partial charge in [-0.1, -0.05) is 35.9 Å². The number of ether oxygens (including phenoxy) is 1. The van der Waals surface area contributed by atoms with Crippen molar-refractivity contribution in [1.29, 1.82) is 5.26 Å². The fourth-order valence-electron chi connectivity index (χ4n) is 2.19. The molecule has 0 aliphatic rings. The van der Waals surface area contributed by atoms with Crippen molar-refractivity contribution in [3.63, 3.8) is 0 Å². The van der Waals surface area contributed by atoms with Gasteiger partial charge in [0, 0.05) is 16.1 Å². The Kier molecular flexibility index (Phi) is 5.56. The minimum atomic E-state index is -1.16. The third-order valence-electron chi connectivity index (χ3n) is 3.27. The third kappa shape index (κ3) is 3.99. The van der Waals surface area contributed by atoms with Gasteiger partial charge in [-0.15, -0.1) is 0 Å². The molecule has 4 nitrogen and oxygen atoms in total.